The molecule has 0 aromatic heterocycles. The minimum Gasteiger partial charge on any atom is -0.394 e. The van der Waals surface area contributed by atoms with E-state index in [9.17, 15) is 9.90 Å². The molecule has 1 N–H and O–H groups in total. The monoisotopic (exact) mass is 284 g/mol. The van der Waals surface area contributed by atoms with E-state index in [0.29, 0.717) is 30.9 Å². The molecule has 5 nitrogen and oxygen atoms in total. The Morgan fingerprint density at radius 2 is 2.00 bits per heavy atom. The molecule has 0 bridgehead atoms. The molecule has 0 aromatic carbocycles. The van der Waals surface area contributed by atoms with Crippen molar-refractivity contribution in [3.8, 4) is 0 Å². The average molecular weight is 284 g/mol. The van der Waals surface area contributed by atoms with Gasteiger partial charge in [0.2, 0.25) is 5.91 Å². The Morgan fingerprint density at radius 1 is 1.30 bits per heavy atom. The molecule has 20 heavy (non-hydrogen) atoms. The maximum atomic E-state index is 12.0. The molecule has 5 heteroatoms. The molecule has 2 rings (SSSR count). The van der Waals surface area contributed by atoms with Crippen molar-refractivity contribution in [2.45, 2.75) is 45.3 Å². The summed E-state index contributed by atoms with van der Waals surface area (Å²) in [5, 5.41) is 9.20. The van der Waals surface area contributed by atoms with Gasteiger partial charge in [0.15, 0.2) is 0 Å². The first-order chi connectivity index (χ1) is 9.60. The Bertz CT molecular complexity index is 314. The number of rotatable bonds is 4. The van der Waals surface area contributed by atoms with E-state index in [-0.39, 0.29) is 12.7 Å². The first kappa shape index (κ1) is 15.7. The number of carbonyl (C=O) groups excluding carboxylic acids is 1. The van der Waals surface area contributed by atoms with Crippen molar-refractivity contribution < 1.29 is 14.6 Å². The number of aliphatic hydroxyl groups is 1. The number of hydrogen-bond acceptors (Lipinski definition) is 4. The van der Waals surface area contributed by atoms with Crippen LogP contribution in [0.15, 0.2) is 0 Å². The fourth-order valence-corrected chi connectivity index (χ4v) is 3.14. The lowest BCUT2D eigenvalue weighted by molar-refractivity contribution is -0.134. The van der Waals surface area contributed by atoms with E-state index in [4.69, 9.17) is 4.74 Å². The van der Waals surface area contributed by atoms with E-state index >= 15 is 0 Å². The largest absolute Gasteiger partial charge is 0.394 e. The summed E-state index contributed by atoms with van der Waals surface area (Å²) in [5.74, 6) is 0.735. The van der Waals surface area contributed by atoms with Gasteiger partial charge in [-0.25, -0.2) is 0 Å². The number of ether oxygens (including phenoxy) is 1. The third kappa shape index (κ3) is 4.17. The first-order valence-electron chi connectivity index (χ1n) is 7.84. The quantitative estimate of drug-likeness (QED) is 0.826. The SMILES string of the molecule is CC(C)CC(=O)N1CCC(N2CCO[C@@H](CO)C2)CC1. The van der Waals surface area contributed by atoms with E-state index in [0.717, 1.165) is 39.0 Å². The minimum absolute atomic E-state index is 0.0376. The van der Waals surface area contributed by atoms with Gasteiger partial charge in [0.1, 0.15) is 0 Å². The predicted molar refractivity (Wildman–Crippen MR) is 77.5 cm³/mol. The van der Waals surface area contributed by atoms with Crippen LogP contribution in [0, 0.1) is 5.92 Å². The molecule has 2 fully saturated rings. The summed E-state index contributed by atoms with van der Waals surface area (Å²) in [6.45, 7) is 8.50. The van der Waals surface area contributed by atoms with E-state index in [2.05, 4.69) is 18.7 Å². The number of amides is 1. The lowest BCUT2D eigenvalue weighted by atomic mass is 10.0. The van der Waals surface area contributed by atoms with Crippen LogP contribution in [0.2, 0.25) is 0 Å². The topological polar surface area (TPSA) is 53.0 Å². The summed E-state index contributed by atoms with van der Waals surface area (Å²) in [7, 11) is 0. The third-order valence-corrected chi connectivity index (χ3v) is 4.29. The molecular formula is C15H28N2O3. The van der Waals surface area contributed by atoms with Crippen LogP contribution in [0.3, 0.4) is 0 Å². The molecule has 2 aliphatic rings. The van der Waals surface area contributed by atoms with E-state index in [1.165, 1.54) is 0 Å². The number of morpholine rings is 1. The standard InChI is InChI=1S/C15H28N2O3/c1-12(2)9-15(19)16-5-3-13(4-6-16)17-7-8-20-14(10-17)11-18/h12-14,18H,3-11H2,1-2H3/t14-/m1/s1. The summed E-state index contributed by atoms with van der Waals surface area (Å²) in [4.78, 5) is 16.5. The van der Waals surface area contributed by atoms with Crippen molar-refractivity contribution in [3.63, 3.8) is 0 Å². The van der Waals surface area contributed by atoms with Crippen LogP contribution in [-0.2, 0) is 9.53 Å². The van der Waals surface area contributed by atoms with Gasteiger partial charge in [-0.1, -0.05) is 13.8 Å². The first-order valence-corrected chi connectivity index (χ1v) is 7.84. The molecule has 1 amide bonds. The van der Waals surface area contributed by atoms with E-state index < -0.39 is 0 Å². The molecule has 1 atom stereocenters. The zero-order valence-corrected chi connectivity index (χ0v) is 12.8. The number of aliphatic hydroxyl groups excluding tert-OH is 1. The molecule has 0 aliphatic carbocycles. The molecule has 0 spiro atoms. The van der Waals surface area contributed by atoms with E-state index in [1.807, 2.05) is 4.90 Å². The maximum Gasteiger partial charge on any atom is 0.222 e. The lowest BCUT2D eigenvalue weighted by Crippen LogP contribution is -2.53. The highest BCUT2D eigenvalue weighted by molar-refractivity contribution is 5.76. The maximum absolute atomic E-state index is 12.0. The molecule has 0 unspecified atom stereocenters. The van der Waals surface area contributed by atoms with Crippen LogP contribution in [0.25, 0.3) is 0 Å². The van der Waals surface area contributed by atoms with Gasteiger partial charge in [-0.05, 0) is 18.8 Å². The van der Waals surface area contributed by atoms with Crippen molar-refractivity contribution in [2.24, 2.45) is 5.92 Å². The van der Waals surface area contributed by atoms with Crippen LogP contribution in [-0.4, -0.2) is 72.4 Å². The van der Waals surface area contributed by atoms with Crippen molar-refractivity contribution in [1.82, 2.24) is 9.80 Å². The number of likely N-dealkylation sites (tertiary alicyclic amines) is 1. The summed E-state index contributed by atoms with van der Waals surface area (Å²) in [6, 6.07) is 0.538. The fraction of sp³-hybridized carbons (Fsp3) is 0.933. The highest BCUT2D eigenvalue weighted by Gasteiger charge is 2.30. The van der Waals surface area contributed by atoms with Gasteiger partial charge < -0.3 is 14.7 Å². The highest BCUT2D eigenvalue weighted by atomic mass is 16.5. The number of carbonyl (C=O) groups is 1. The normalized spacial score (nSPS) is 26.2. The van der Waals surface area contributed by atoms with Gasteiger partial charge in [0.05, 0.1) is 19.3 Å². The predicted octanol–water partition coefficient (Wildman–Crippen LogP) is 0.717. The van der Waals surface area contributed by atoms with Gasteiger partial charge in [0.25, 0.3) is 0 Å². The number of piperidine rings is 1. The zero-order chi connectivity index (χ0) is 14.5. The van der Waals surface area contributed by atoms with Crippen molar-refractivity contribution in [1.29, 1.82) is 0 Å². The summed E-state index contributed by atoms with van der Waals surface area (Å²) >= 11 is 0. The Balaban J connectivity index is 1.77. The molecule has 2 aliphatic heterocycles. The van der Waals surface area contributed by atoms with Crippen molar-refractivity contribution in [3.05, 3.63) is 0 Å². The van der Waals surface area contributed by atoms with Gasteiger partial charge >= 0.3 is 0 Å². The minimum atomic E-state index is -0.0376. The second-order valence-corrected chi connectivity index (χ2v) is 6.38. The van der Waals surface area contributed by atoms with Crippen LogP contribution in [0.1, 0.15) is 33.1 Å². The number of hydrogen-bond donors (Lipinski definition) is 1. The Morgan fingerprint density at radius 3 is 2.60 bits per heavy atom. The third-order valence-electron chi connectivity index (χ3n) is 4.29. The van der Waals surface area contributed by atoms with Crippen molar-refractivity contribution in [2.75, 3.05) is 39.4 Å². The van der Waals surface area contributed by atoms with Gasteiger partial charge in [-0.2, -0.15) is 0 Å². The van der Waals surface area contributed by atoms with Gasteiger partial charge in [0, 0.05) is 38.6 Å². The van der Waals surface area contributed by atoms with Crippen LogP contribution >= 0.6 is 0 Å². The Labute approximate surface area is 121 Å². The summed E-state index contributed by atoms with van der Waals surface area (Å²) in [5.41, 5.74) is 0. The fourth-order valence-electron chi connectivity index (χ4n) is 3.14. The van der Waals surface area contributed by atoms with Crippen LogP contribution < -0.4 is 0 Å². The van der Waals surface area contributed by atoms with Crippen LogP contribution in [0.5, 0.6) is 0 Å². The molecular weight excluding hydrogens is 256 g/mol. The average Bonchev–Trinajstić information content (AvgIpc) is 2.47. The Kier molecular flexibility index (Phi) is 5.81. The second-order valence-electron chi connectivity index (χ2n) is 6.38. The lowest BCUT2D eigenvalue weighted by Gasteiger charge is -2.42. The Hall–Kier alpha value is -0.650. The number of nitrogens with zero attached hydrogens (tertiary/aromatic N) is 2. The molecule has 0 saturated carbocycles. The summed E-state index contributed by atoms with van der Waals surface area (Å²) in [6.07, 6.45) is 2.71. The van der Waals surface area contributed by atoms with Crippen LogP contribution in [0.4, 0.5) is 0 Å². The molecule has 0 aromatic rings. The van der Waals surface area contributed by atoms with E-state index in [1.54, 1.807) is 0 Å². The smallest absolute Gasteiger partial charge is 0.222 e. The zero-order valence-electron chi connectivity index (χ0n) is 12.8. The highest BCUT2D eigenvalue weighted by Crippen LogP contribution is 2.20. The van der Waals surface area contributed by atoms with Gasteiger partial charge in [-0.15, -0.1) is 0 Å². The molecule has 2 saturated heterocycles. The molecule has 0 radical (unpaired) electrons. The second kappa shape index (κ2) is 7.38. The van der Waals surface area contributed by atoms with Crippen molar-refractivity contribution >= 4 is 5.91 Å². The molecule has 2 heterocycles. The van der Waals surface area contributed by atoms with Gasteiger partial charge in [-0.3, -0.25) is 9.69 Å². The summed E-state index contributed by atoms with van der Waals surface area (Å²) < 4.78 is 5.50. The molecule has 116 valence electrons.